The Balaban J connectivity index is 2.17. The average molecular weight is 284 g/mol. The number of hydrogen-bond acceptors (Lipinski definition) is 4. The molecular formula is C16H20N4O. The van der Waals surface area contributed by atoms with Crippen LogP contribution in [0.3, 0.4) is 0 Å². The van der Waals surface area contributed by atoms with Crippen LogP contribution in [-0.2, 0) is 13.6 Å². The molecule has 0 radical (unpaired) electrons. The summed E-state index contributed by atoms with van der Waals surface area (Å²) in [6.45, 7) is 2.93. The number of aliphatic hydroxyl groups excluding tert-OH is 1. The van der Waals surface area contributed by atoms with E-state index in [1.807, 2.05) is 32.3 Å². The molecule has 0 bridgehead atoms. The van der Waals surface area contributed by atoms with Crippen LogP contribution in [0.15, 0.2) is 30.5 Å². The average Bonchev–Trinajstić information content (AvgIpc) is 2.86. The minimum atomic E-state index is 0.184. The number of benzene rings is 1. The Morgan fingerprint density at radius 3 is 2.71 bits per heavy atom. The Morgan fingerprint density at radius 1 is 1.38 bits per heavy atom. The molecule has 0 spiro atoms. The van der Waals surface area contributed by atoms with Crippen molar-refractivity contribution in [1.29, 1.82) is 5.26 Å². The molecule has 110 valence electrons. The van der Waals surface area contributed by atoms with Gasteiger partial charge in [0.05, 0.1) is 17.3 Å². The number of rotatable bonds is 6. The maximum Gasteiger partial charge on any atom is 0.0991 e. The molecule has 5 nitrogen and oxygen atoms in total. The summed E-state index contributed by atoms with van der Waals surface area (Å²) in [6.07, 6.45) is 2.72. The predicted molar refractivity (Wildman–Crippen MR) is 81.4 cm³/mol. The van der Waals surface area contributed by atoms with Crippen molar-refractivity contribution in [3.8, 4) is 17.3 Å². The van der Waals surface area contributed by atoms with Gasteiger partial charge in [-0.2, -0.15) is 10.4 Å². The van der Waals surface area contributed by atoms with Gasteiger partial charge in [0.2, 0.25) is 0 Å². The third-order valence-electron chi connectivity index (χ3n) is 3.40. The van der Waals surface area contributed by atoms with Crippen molar-refractivity contribution >= 4 is 0 Å². The molecule has 0 aliphatic rings. The predicted octanol–water partition coefficient (Wildman–Crippen LogP) is 1.82. The van der Waals surface area contributed by atoms with E-state index in [-0.39, 0.29) is 12.6 Å². The Labute approximate surface area is 124 Å². The van der Waals surface area contributed by atoms with Crippen molar-refractivity contribution in [2.75, 3.05) is 6.61 Å². The van der Waals surface area contributed by atoms with Crippen molar-refractivity contribution in [3.05, 3.63) is 41.6 Å². The molecule has 1 unspecified atom stereocenters. The molecule has 5 heteroatoms. The van der Waals surface area contributed by atoms with E-state index in [4.69, 9.17) is 10.4 Å². The van der Waals surface area contributed by atoms with Gasteiger partial charge in [-0.3, -0.25) is 4.68 Å². The van der Waals surface area contributed by atoms with Crippen LogP contribution >= 0.6 is 0 Å². The first-order valence-electron chi connectivity index (χ1n) is 7.01. The highest BCUT2D eigenvalue weighted by Gasteiger charge is 2.11. The molecule has 0 amide bonds. The lowest BCUT2D eigenvalue weighted by atomic mass is 10.1. The van der Waals surface area contributed by atoms with Crippen LogP contribution in [-0.4, -0.2) is 27.5 Å². The molecule has 2 N–H and O–H groups in total. The fourth-order valence-electron chi connectivity index (χ4n) is 2.19. The highest BCUT2D eigenvalue weighted by molar-refractivity contribution is 5.63. The Morgan fingerprint density at radius 2 is 2.10 bits per heavy atom. The standard InChI is InChI=1S/C16H20N4O/c1-12(7-8-21)18-10-15-11-20(2)19-16(15)14-5-3-13(9-17)4-6-14/h3-6,11-12,18,21H,7-8,10H2,1-2H3. The van der Waals surface area contributed by atoms with Gasteiger partial charge in [-0.05, 0) is 25.5 Å². The van der Waals surface area contributed by atoms with E-state index in [2.05, 4.69) is 16.5 Å². The van der Waals surface area contributed by atoms with E-state index in [0.717, 1.165) is 23.2 Å². The van der Waals surface area contributed by atoms with Crippen molar-refractivity contribution < 1.29 is 5.11 Å². The third-order valence-corrected chi connectivity index (χ3v) is 3.40. The molecule has 0 aliphatic carbocycles. The zero-order valence-corrected chi connectivity index (χ0v) is 12.4. The second kappa shape index (κ2) is 7.02. The van der Waals surface area contributed by atoms with Crippen LogP contribution < -0.4 is 5.32 Å². The summed E-state index contributed by atoms with van der Waals surface area (Å²) >= 11 is 0. The van der Waals surface area contributed by atoms with Crippen molar-refractivity contribution in [2.45, 2.75) is 25.9 Å². The molecule has 2 rings (SSSR count). The van der Waals surface area contributed by atoms with E-state index in [1.54, 1.807) is 16.8 Å². The summed E-state index contributed by atoms with van der Waals surface area (Å²) in [5.41, 5.74) is 3.67. The second-order valence-corrected chi connectivity index (χ2v) is 5.16. The van der Waals surface area contributed by atoms with Gasteiger partial charge in [0, 0.05) is 43.6 Å². The first kappa shape index (κ1) is 15.2. The number of aryl methyl sites for hydroxylation is 1. The highest BCUT2D eigenvalue weighted by atomic mass is 16.3. The maximum atomic E-state index is 8.94. The van der Waals surface area contributed by atoms with Gasteiger partial charge in [0.1, 0.15) is 0 Å². The van der Waals surface area contributed by atoms with Crippen molar-refractivity contribution in [2.24, 2.45) is 7.05 Å². The summed E-state index contributed by atoms with van der Waals surface area (Å²) in [5, 5.41) is 25.7. The monoisotopic (exact) mass is 284 g/mol. The van der Waals surface area contributed by atoms with Gasteiger partial charge in [0.25, 0.3) is 0 Å². The number of nitrogens with one attached hydrogen (secondary N) is 1. The summed E-state index contributed by atoms with van der Waals surface area (Å²) in [7, 11) is 1.90. The van der Waals surface area contributed by atoms with E-state index in [0.29, 0.717) is 12.1 Å². The van der Waals surface area contributed by atoms with Crippen molar-refractivity contribution in [1.82, 2.24) is 15.1 Å². The van der Waals surface area contributed by atoms with Crippen LogP contribution in [0, 0.1) is 11.3 Å². The quantitative estimate of drug-likeness (QED) is 0.848. The minimum absolute atomic E-state index is 0.184. The molecule has 0 saturated carbocycles. The molecular weight excluding hydrogens is 264 g/mol. The van der Waals surface area contributed by atoms with Crippen LogP contribution in [0.4, 0.5) is 0 Å². The first-order valence-corrected chi connectivity index (χ1v) is 7.01. The molecule has 1 aromatic heterocycles. The van der Waals surface area contributed by atoms with Crippen LogP contribution in [0.5, 0.6) is 0 Å². The highest BCUT2D eigenvalue weighted by Crippen LogP contribution is 2.22. The summed E-state index contributed by atoms with van der Waals surface area (Å²) < 4.78 is 1.79. The SMILES string of the molecule is CC(CCO)NCc1cn(C)nc1-c1ccc(C#N)cc1. The van der Waals surface area contributed by atoms with Gasteiger partial charge in [-0.1, -0.05) is 12.1 Å². The molecule has 0 fully saturated rings. The van der Waals surface area contributed by atoms with Crippen LogP contribution in [0.1, 0.15) is 24.5 Å². The number of aliphatic hydroxyl groups is 1. The molecule has 1 atom stereocenters. The molecule has 0 saturated heterocycles. The fourth-order valence-corrected chi connectivity index (χ4v) is 2.19. The van der Waals surface area contributed by atoms with Crippen LogP contribution in [0.25, 0.3) is 11.3 Å². The summed E-state index contributed by atoms with van der Waals surface area (Å²) in [4.78, 5) is 0. The summed E-state index contributed by atoms with van der Waals surface area (Å²) in [6, 6.07) is 9.81. The summed E-state index contributed by atoms with van der Waals surface area (Å²) in [5.74, 6) is 0. The van der Waals surface area contributed by atoms with Gasteiger partial charge in [-0.15, -0.1) is 0 Å². The minimum Gasteiger partial charge on any atom is -0.396 e. The molecule has 1 aromatic carbocycles. The van der Waals surface area contributed by atoms with E-state index < -0.39 is 0 Å². The smallest absolute Gasteiger partial charge is 0.0991 e. The third kappa shape index (κ3) is 3.91. The number of aromatic nitrogens is 2. The zero-order chi connectivity index (χ0) is 15.2. The van der Waals surface area contributed by atoms with E-state index in [9.17, 15) is 0 Å². The van der Waals surface area contributed by atoms with E-state index in [1.165, 1.54) is 0 Å². The van der Waals surface area contributed by atoms with Gasteiger partial charge < -0.3 is 10.4 Å². The topological polar surface area (TPSA) is 73.9 Å². The molecule has 0 aliphatic heterocycles. The molecule has 1 heterocycles. The Kier molecular flexibility index (Phi) is 5.09. The number of hydrogen-bond donors (Lipinski definition) is 2. The molecule has 21 heavy (non-hydrogen) atoms. The van der Waals surface area contributed by atoms with E-state index >= 15 is 0 Å². The first-order chi connectivity index (χ1) is 10.1. The normalized spacial score (nSPS) is 12.1. The van der Waals surface area contributed by atoms with Gasteiger partial charge >= 0.3 is 0 Å². The lowest BCUT2D eigenvalue weighted by molar-refractivity contribution is 0.268. The largest absolute Gasteiger partial charge is 0.396 e. The lowest BCUT2D eigenvalue weighted by Gasteiger charge is -2.12. The number of nitriles is 1. The second-order valence-electron chi connectivity index (χ2n) is 5.16. The van der Waals surface area contributed by atoms with Gasteiger partial charge in [0.15, 0.2) is 0 Å². The molecule has 2 aromatic rings. The van der Waals surface area contributed by atoms with Gasteiger partial charge in [-0.25, -0.2) is 0 Å². The maximum absolute atomic E-state index is 8.94. The van der Waals surface area contributed by atoms with Crippen LogP contribution in [0.2, 0.25) is 0 Å². The fraction of sp³-hybridized carbons (Fsp3) is 0.375. The lowest BCUT2D eigenvalue weighted by Crippen LogP contribution is -2.26. The Hall–Kier alpha value is -2.16. The number of nitrogens with zero attached hydrogens (tertiary/aromatic N) is 3. The zero-order valence-electron chi connectivity index (χ0n) is 12.4. The Bertz CT molecular complexity index is 625. The van der Waals surface area contributed by atoms with Crippen molar-refractivity contribution in [3.63, 3.8) is 0 Å².